The second-order valence-corrected chi connectivity index (χ2v) is 7.58. The van der Waals surface area contributed by atoms with Crippen LogP contribution in [-0.2, 0) is 11.2 Å². The van der Waals surface area contributed by atoms with Gasteiger partial charge in [-0.2, -0.15) is 5.26 Å². The standard InChI is InChI=1S/C21H17FN2O3S/c22-18-11-13(9-14-3-1-2-4-15(14)18)10-16-17(12-23)20(28-19(16)21(25)26)24-5-7-27-8-6-24/h1-4,9,11H,5-8,10H2,(H,25,26). The van der Waals surface area contributed by atoms with E-state index in [4.69, 9.17) is 4.74 Å². The summed E-state index contributed by atoms with van der Waals surface area (Å²) in [4.78, 5) is 14.0. The Labute approximate surface area is 165 Å². The minimum Gasteiger partial charge on any atom is -0.477 e. The topological polar surface area (TPSA) is 73.6 Å². The smallest absolute Gasteiger partial charge is 0.346 e. The summed E-state index contributed by atoms with van der Waals surface area (Å²) in [6.07, 6.45) is 0.188. The Kier molecular flexibility index (Phi) is 4.99. The van der Waals surface area contributed by atoms with E-state index in [1.54, 1.807) is 12.1 Å². The molecule has 0 bridgehead atoms. The van der Waals surface area contributed by atoms with Crippen molar-refractivity contribution < 1.29 is 19.0 Å². The van der Waals surface area contributed by atoms with E-state index in [-0.39, 0.29) is 17.1 Å². The van der Waals surface area contributed by atoms with Gasteiger partial charge in [-0.05, 0) is 17.0 Å². The molecule has 2 aromatic carbocycles. The highest BCUT2D eigenvalue weighted by molar-refractivity contribution is 7.18. The molecule has 0 atom stereocenters. The third-order valence-corrected chi connectivity index (χ3v) is 6.13. The molecule has 3 aromatic rings. The number of morpholine rings is 1. The first kappa shape index (κ1) is 18.4. The number of aromatic carboxylic acids is 1. The largest absolute Gasteiger partial charge is 0.477 e. The molecule has 1 aliphatic rings. The maximum absolute atomic E-state index is 14.5. The molecule has 0 saturated carbocycles. The lowest BCUT2D eigenvalue weighted by atomic mass is 9.98. The molecule has 0 amide bonds. The minimum atomic E-state index is -1.07. The third kappa shape index (κ3) is 3.33. The van der Waals surface area contributed by atoms with Gasteiger partial charge < -0.3 is 14.7 Å². The molecule has 1 saturated heterocycles. The van der Waals surface area contributed by atoms with Crippen molar-refractivity contribution in [3.05, 3.63) is 63.8 Å². The van der Waals surface area contributed by atoms with Crippen molar-refractivity contribution in [2.45, 2.75) is 6.42 Å². The third-order valence-electron chi connectivity index (χ3n) is 4.84. The second kappa shape index (κ2) is 7.58. The van der Waals surface area contributed by atoms with Crippen molar-refractivity contribution in [1.29, 1.82) is 5.26 Å². The number of nitrogens with zero attached hydrogens (tertiary/aromatic N) is 2. The number of carboxylic acids is 1. The van der Waals surface area contributed by atoms with Crippen LogP contribution >= 0.6 is 11.3 Å². The number of halogens is 1. The zero-order valence-electron chi connectivity index (χ0n) is 14.9. The summed E-state index contributed by atoms with van der Waals surface area (Å²) in [5.41, 5.74) is 1.44. The van der Waals surface area contributed by atoms with E-state index >= 15 is 0 Å². The predicted molar refractivity (Wildman–Crippen MR) is 106 cm³/mol. The molecule has 0 spiro atoms. The van der Waals surface area contributed by atoms with Crippen molar-refractivity contribution >= 4 is 33.1 Å². The van der Waals surface area contributed by atoms with Crippen LogP contribution in [0.1, 0.15) is 26.4 Å². The first-order chi connectivity index (χ1) is 13.6. The van der Waals surface area contributed by atoms with Gasteiger partial charge in [0.25, 0.3) is 0 Å². The molecule has 7 heteroatoms. The summed E-state index contributed by atoms with van der Waals surface area (Å²) in [5.74, 6) is -1.43. The van der Waals surface area contributed by atoms with Crippen LogP contribution in [0.4, 0.5) is 9.39 Å². The number of hydrogen-bond acceptors (Lipinski definition) is 5. The van der Waals surface area contributed by atoms with Crippen LogP contribution in [-0.4, -0.2) is 37.4 Å². The van der Waals surface area contributed by atoms with Crippen LogP contribution in [0.5, 0.6) is 0 Å². The Bertz CT molecular complexity index is 1100. The summed E-state index contributed by atoms with van der Waals surface area (Å²) in [6, 6.07) is 12.6. The number of carboxylic acid groups (broad SMARTS) is 1. The second-order valence-electron chi connectivity index (χ2n) is 6.58. The van der Waals surface area contributed by atoms with Crippen molar-refractivity contribution in [3.8, 4) is 6.07 Å². The predicted octanol–water partition coefficient (Wildman–Crippen LogP) is 4.04. The first-order valence-electron chi connectivity index (χ1n) is 8.87. The maximum atomic E-state index is 14.5. The van der Waals surface area contributed by atoms with Gasteiger partial charge in [0, 0.05) is 30.5 Å². The van der Waals surface area contributed by atoms with Gasteiger partial charge in [-0.3, -0.25) is 0 Å². The Morgan fingerprint density at radius 2 is 2.04 bits per heavy atom. The van der Waals surface area contributed by atoms with Gasteiger partial charge in [-0.15, -0.1) is 11.3 Å². The molecule has 0 aliphatic carbocycles. The van der Waals surface area contributed by atoms with Gasteiger partial charge in [-0.25, -0.2) is 9.18 Å². The summed E-state index contributed by atoms with van der Waals surface area (Å²) in [5, 5.41) is 21.4. The monoisotopic (exact) mass is 396 g/mol. The zero-order chi connectivity index (χ0) is 19.7. The molecule has 0 radical (unpaired) electrons. The number of thiophene rings is 1. The number of ether oxygens (including phenoxy) is 1. The summed E-state index contributed by atoms with van der Waals surface area (Å²) in [6.45, 7) is 2.30. The lowest BCUT2D eigenvalue weighted by Crippen LogP contribution is -2.36. The van der Waals surface area contributed by atoms with Gasteiger partial charge in [0.2, 0.25) is 0 Å². The molecule has 1 N–H and O–H groups in total. The number of hydrogen-bond donors (Lipinski definition) is 1. The van der Waals surface area contributed by atoms with E-state index in [0.717, 1.165) is 16.7 Å². The van der Waals surface area contributed by atoms with Crippen molar-refractivity contribution in [1.82, 2.24) is 0 Å². The number of anilines is 1. The fourth-order valence-electron chi connectivity index (χ4n) is 3.53. The molecule has 1 aromatic heterocycles. The quantitative estimate of drug-likeness (QED) is 0.721. The van der Waals surface area contributed by atoms with Crippen molar-refractivity contribution in [2.24, 2.45) is 0 Å². The van der Waals surface area contributed by atoms with Crippen molar-refractivity contribution in [3.63, 3.8) is 0 Å². The number of fused-ring (bicyclic) bond motifs is 1. The summed E-state index contributed by atoms with van der Waals surface area (Å²) < 4.78 is 19.8. The summed E-state index contributed by atoms with van der Waals surface area (Å²) in [7, 11) is 0. The molecule has 0 unspecified atom stereocenters. The molecule has 142 valence electrons. The Morgan fingerprint density at radius 1 is 1.29 bits per heavy atom. The molecule has 1 aliphatic heterocycles. The fourth-order valence-corrected chi connectivity index (χ4v) is 4.69. The molecular weight excluding hydrogens is 379 g/mol. The molecule has 2 heterocycles. The Morgan fingerprint density at radius 3 is 2.75 bits per heavy atom. The van der Waals surface area contributed by atoms with Crippen LogP contribution in [0, 0.1) is 17.1 Å². The Hall–Kier alpha value is -2.95. The molecule has 28 heavy (non-hydrogen) atoms. The first-order valence-corrected chi connectivity index (χ1v) is 9.69. The van der Waals surface area contributed by atoms with E-state index in [1.807, 2.05) is 23.1 Å². The lowest BCUT2D eigenvalue weighted by Gasteiger charge is -2.27. The van der Waals surface area contributed by atoms with E-state index in [2.05, 4.69) is 6.07 Å². The van der Waals surface area contributed by atoms with Gasteiger partial charge in [0.15, 0.2) is 0 Å². The summed E-state index contributed by atoms with van der Waals surface area (Å²) >= 11 is 1.11. The van der Waals surface area contributed by atoms with Gasteiger partial charge in [0.1, 0.15) is 21.8 Å². The maximum Gasteiger partial charge on any atom is 0.346 e. The van der Waals surface area contributed by atoms with E-state index < -0.39 is 5.97 Å². The highest BCUT2D eigenvalue weighted by atomic mass is 32.1. The van der Waals surface area contributed by atoms with Gasteiger partial charge >= 0.3 is 5.97 Å². The van der Waals surface area contributed by atoms with Gasteiger partial charge in [-0.1, -0.05) is 30.3 Å². The minimum absolute atomic E-state index is 0.131. The molecular formula is C21H17FN2O3S. The van der Waals surface area contributed by atoms with Crippen LogP contribution < -0.4 is 4.90 Å². The number of benzene rings is 2. The molecule has 5 nitrogen and oxygen atoms in total. The number of nitriles is 1. The average Bonchev–Trinajstić information content (AvgIpc) is 3.07. The van der Waals surface area contributed by atoms with Crippen LogP contribution in [0.25, 0.3) is 10.8 Å². The highest BCUT2D eigenvalue weighted by Crippen LogP contribution is 2.38. The SMILES string of the molecule is N#Cc1c(N2CCOCC2)sc(C(=O)O)c1Cc1cc(F)c2ccccc2c1. The molecule has 1 fully saturated rings. The van der Waals surface area contributed by atoms with E-state index in [0.29, 0.717) is 53.4 Å². The highest BCUT2D eigenvalue weighted by Gasteiger charge is 2.27. The normalized spacial score (nSPS) is 14.2. The van der Waals surface area contributed by atoms with E-state index in [1.165, 1.54) is 6.07 Å². The molecule has 4 rings (SSSR count). The number of carbonyl (C=O) groups is 1. The number of rotatable bonds is 4. The van der Waals surface area contributed by atoms with Crippen LogP contribution in [0.15, 0.2) is 36.4 Å². The van der Waals surface area contributed by atoms with Crippen molar-refractivity contribution in [2.75, 3.05) is 31.2 Å². The average molecular weight is 396 g/mol. The van der Waals surface area contributed by atoms with Gasteiger partial charge in [0.05, 0.1) is 18.8 Å². The Balaban J connectivity index is 1.79. The van der Waals surface area contributed by atoms with Crippen LogP contribution in [0.3, 0.4) is 0 Å². The van der Waals surface area contributed by atoms with Crippen LogP contribution in [0.2, 0.25) is 0 Å². The fraction of sp³-hybridized carbons (Fsp3) is 0.238. The van der Waals surface area contributed by atoms with E-state index in [9.17, 15) is 19.6 Å². The lowest BCUT2D eigenvalue weighted by molar-refractivity contribution is 0.0701. The zero-order valence-corrected chi connectivity index (χ0v) is 15.8.